The Bertz CT molecular complexity index is 1460. The third-order valence-electron chi connectivity index (χ3n) is 16.5. The van der Waals surface area contributed by atoms with Crippen molar-refractivity contribution in [3.63, 3.8) is 0 Å². The topological polar surface area (TPSA) is 149 Å². The van der Waals surface area contributed by atoms with Gasteiger partial charge in [0.1, 0.15) is 24.4 Å². The second-order valence-electron chi connectivity index (χ2n) is 24.3. The quantitative estimate of drug-likeness (QED) is 0.0261. The molecule has 1 aliphatic heterocycles. The minimum atomic E-state index is -1.58. The fourth-order valence-corrected chi connectivity index (χ4v) is 11.0. The molecule has 6 N–H and O–H groups in total. The van der Waals surface area contributed by atoms with E-state index in [0.717, 1.165) is 51.4 Å². The van der Waals surface area contributed by atoms with Crippen molar-refractivity contribution in [1.82, 2.24) is 5.32 Å². The van der Waals surface area contributed by atoms with Crippen LogP contribution < -0.4 is 5.32 Å². The lowest BCUT2D eigenvalue weighted by molar-refractivity contribution is -0.302. The number of unbranched alkanes of at least 4 members (excludes halogenated alkanes) is 43. The summed E-state index contributed by atoms with van der Waals surface area (Å²) in [5.41, 5.74) is 0. The first-order valence-corrected chi connectivity index (χ1v) is 35.0. The maximum atomic E-state index is 13.1. The molecule has 9 nitrogen and oxygen atoms in total. The maximum Gasteiger partial charge on any atom is 0.220 e. The van der Waals surface area contributed by atoms with E-state index < -0.39 is 49.5 Å². The molecule has 1 saturated heterocycles. The van der Waals surface area contributed by atoms with Crippen molar-refractivity contribution in [3.05, 3.63) is 60.8 Å². The molecular weight excluding hydrogens is 1010 g/mol. The molecule has 1 rings (SSSR count). The first kappa shape index (κ1) is 76.9. The molecule has 0 aliphatic carbocycles. The number of hydrogen-bond acceptors (Lipinski definition) is 8. The standard InChI is InChI=1S/C72H133NO8/c1-3-5-7-9-11-13-15-17-19-21-22-23-24-25-26-27-28-29-30-31-32-33-34-35-36-37-38-39-40-41-42-43-44-46-48-50-52-54-56-58-60-62-68(76)73-65(64-80-72-71(79)70(78)69(77)67(63-74)81-72)66(75)61-59-57-55-53-51-49-47-45-20-18-16-14-12-10-8-6-4-2/h15,17,20-22,45,51,53,59,61,65-67,69-72,74-75,77-79H,3-14,16,18-19,23-44,46-50,52,54-58,60,62-64H2,1-2H3,(H,73,76)/b17-15-,22-21-,45-20+,53-51+,61-59+. The number of amides is 1. The van der Waals surface area contributed by atoms with E-state index in [1.54, 1.807) is 6.08 Å². The molecule has 1 heterocycles. The van der Waals surface area contributed by atoms with Gasteiger partial charge >= 0.3 is 0 Å². The number of carbonyl (C=O) groups is 1. The number of aliphatic hydroxyl groups is 5. The molecule has 0 aromatic rings. The van der Waals surface area contributed by atoms with Gasteiger partial charge in [0, 0.05) is 6.42 Å². The lowest BCUT2D eigenvalue weighted by Gasteiger charge is -2.40. The van der Waals surface area contributed by atoms with Crippen LogP contribution in [0.2, 0.25) is 0 Å². The van der Waals surface area contributed by atoms with E-state index >= 15 is 0 Å². The van der Waals surface area contributed by atoms with Crippen LogP contribution in [0.5, 0.6) is 0 Å². The van der Waals surface area contributed by atoms with Crippen molar-refractivity contribution >= 4 is 5.91 Å². The Morgan fingerprint density at radius 1 is 0.420 bits per heavy atom. The maximum absolute atomic E-state index is 13.1. The highest BCUT2D eigenvalue weighted by Gasteiger charge is 2.44. The highest BCUT2D eigenvalue weighted by atomic mass is 16.7. The van der Waals surface area contributed by atoms with Gasteiger partial charge in [0.05, 0.1) is 25.4 Å². The second-order valence-corrected chi connectivity index (χ2v) is 24.3. The molecule has 1 amide bonds. The Morgan fingerprint density at radius 3 is 1.11 bits per heavy atom. The smallest absolute Gasteiger partial charge is 0.220 e. The van der Waals surface area contributed by atoms with E-state index in [1.165, 1.54) is 263 Å². The van der Waals surface area contributed by atoms with Crippen LogP contribution in [-0.2, 0) is 14.3 Å². The molecular formula is C72H133NO8. The molecule has 0 aromatic heterocycles. The van der Waals surface area contributed by atoms with Crippen LogP contribution in [-0.4, -0.2) is 87.5 Å². The van der Waals surface area contributed by atoms with Crippen LogP contribution in [0.3, 0.4) is 0 Å². The summed E-state index contributed by atoms with van der Waals surface area (Å²) in [6.45, 7) is 3.77. The van der Waals surface area contributed by atoms with Crippen molar-refractivity contribution in [2.75, 3.05) is 13.2 Å². The molecule has 0 saturated carbocycles. The monoisotopic (exact) mass is 1140 g/mol. The number of hydrogen-bond donors (Lipinski definition) is 6. The molecule has 0 radical (unpaired) electrons. The lowest BCUT2D eigenvalue weighted by atomic mass is 9.99. The fourth-order valence-electron chi connectivity index (χ4n) is 11.0. The summed E-state index contributed by atoms with van der Waals surface area (Å²) < 4.78 is 11.3. The lowest BCUT2D eigenvalue weighted by Crippen LogP contribution is -2.60. The summed E-state index contributed by atoms with van der Waals surface area (Å²) in [6, 6.07) is -0.828. The van der Waals surface area contributed by atoms with Gasteiger partial charge in [-0.2, -0.15) is 0 Å². The molecule has 1 fully saturated rings. The molecule has 81 heavy (non-hydrogen) atoms. The average molecular weight is 1140 g/mol. The Hall–Kier alpha value is -2.11. The minimum absolute atomic E-state index is 0.186. The number of ether oxygens (including phenoxy) is 2. The Kier molecular flexibility index (Phi) is 57.9. The third-order valence-corrected chi connectivity index (χ3v) is 16.5. The highest BCUT2D eigenvalue weighted by molar-refractivity contribution is 5.76. The molecule has 1 aliphatic rings. The van der Waals surface area contributed by atoms with Gasteiger partial charge in [0.2, 0.25) is 5.91 Å². The van der Waals surface area contributed by atoms with E-state index in [1.807, 2.05) is 6.08 Å². The van der Waals surface area contributed by atoms with Crippen molar-refractivity contribution < 1.29 is 39.8 Å². The van der Waals surface area contributed by atoms with E-state index in [9.17, 15) is 30.3 Å². The predicted octanol–water partition coefficient (Wildman–Crippen LogP) is 19.0. The average Bonchev–Trinajstić information content (AvgIpc) is 3.49. The normalized spacial score (nSPS) is 18.7. The number of aliphatic hydroxyl groups excluding tert-OH is 5. The van der Waals surface area contributed by atoms with E-state index in [-0.39, 0.29) is 12.5 Å². The van der Waals surface area contributed by atoms with Gasteiger partial charge < -0.3 is 40.3 Å². The summed E-state index contributed by atoms with van der Waals surface area (Å²) in [6.07, 6.45) is 77.8. The van der Waals surface area contributed by atoms with Gasteiger partial charge in [0.15, 0.2) is 6.29 Å². The van der Waals surface area contributed by atoms with Crippen LogP contribution in [0, 0.1) is 0 Å². The van der Waals surface area contributed by atoms with Gasteiger partial charge in [-0.3, -0.25) is 4.79 Å². The zero-order chi connectivity index (χ0) is 58.6. The third kappa shape index (κ3) is 49.8. The summed E-state index contributed by atoms with van der Waals surface area (Å²) in [5, 5.41) is 54.6. The summed E-state index contributed by atoms with van der Waals surface area (Å²) >= 11 is 0. The van der Waals surface area contributed by atoms with Gasteiger partial charge in [0.25, 0.3) is 0 Å². The number of nitrogens with one attached hydrogen (secondary N) is 1. The van der Waals surface area contributed by atoms with Gasteiger partial charge in [-0.05, 0) is 77.0 Å². The Labute approximate surface area is 500 Å². The summed E-state index contributed by atoms with van der Waals surface area (Å²) in [7, 11) is 0. The largest absolute Gasteiger partial charge is 0.394 e. The zero-order valence-corrected chi connectivity index (χ0v) is 53.0. The minimum Gasteiger partial charge on any atom is -0.394 e. The van der Waals surface area contributed by atoms with Gasteiger partial charge in [-0.15, -0.1) is 0 Å². The molecule has 7 unspecified atom stereocenters. The number of carbonyl (C=O) groups excluding carboxylic acids is 1. The van der Waals surface area contributed by atoms with E-state index in [2.05, 4.69) is 67.8 Å². The van der Waals surface area contributed by atoms with Crippen LogP contribution in [0.1, 0.15) is 335 Å². The van der Waals surface area contributed by atoms with Crippen molar-refractivity contribution in [2.45, 2.75) is 378 Å². The summed E-state index contributed by atoms with van der Waals surface area (Å²) in [5.74, 6) is -0.186. The number of rotatable bonds is 61. The SMILES string of the molecule is CCCCCCC/C=C\C/C=C\CCCCCCCCCCCCCCCCCCCCCCCCCCCCCCCC(=O)NC(COC1OC(CO)C(O)C(O)C1O)C(O)/C=C/CC/C=C/CC/C=C/CCCCCCCCC. The number of allylic oxidation sites excluding steroid dienone is 9. The van der Waals surface area contributed by atoms with Gasteiger partial charge in [-0.1, -0.05) is 312 Å². The van der Waals surface area contributed by atoms with Crippen LogP contribution in [0.4, 0.5) is 0 Å². The van der Waals surface area contributed by atoms with E-state index in [0.29, 0.717) is 6.42 Å². The molecule has 0 aromatic carbocycles. The zero-order valence-electron chi connectivity index (χ0n) is 53.0. The molecule has 474 valence electrons. The molecule has 0 bridgehead atoms. The Balaban J connectivity index is 2.04. The summed E-state index contributed by atoms with van der Waals surface area (Å²) in [4.78, 5) is 13.1. The second kappa shape index (κ2) is 61.0. The first-order valence-electron chi connectivity index (χ1n) is 35.0. The van der Waals surface area contributed by atoms with Crippen LogP contribution in [0.15, 0.2) is 60.8 Å². The predicted molar refractivity (Wildman–Crippen MR) is 346 cm³/mol. The fraction of sp³-hybridized carbons (Fsp3) is 0.847. The van der Waals surface area contributed by atoms with E-state index in [4.69, 9.17) is 9.47 Å². The van der Waals surface area contributed by atoms with Crippen molar-refractivity contribution in [1.29, 1.82) is 0 Å². The van der Waals surface area contributed by atoms with Gasteiger partial charge in [-0.25, -0.2) is 0 Å². The molecule has 9 heteroatoms. The molecule has 7 atom stereocenters. The van der Waals surface area contributed by atoms with Crippen molar-refractivity contribution in [3.8, 4) is 0 Å². The molecule has 0 spiro atoms. The Morgan fingerprint density at radius 2 is 0.741 bits per heavy atom. The van der Waals surface area contributed by atoms with Crippen LogP contribution >= 0.6 is 0 Å². The highest BCUT2D eigenvalue weighted by Crippen LogP contribution is 2.23. The first-order chi connectivity index (χ1) is 39.8. The van der Waals surface area contributed by atoms with Crippen LogP contribution in [0.25, 0.3) is 0 Å². The van der Waals surface area contributed by atoms with Crippen molar-refractivity contribution in [2.24, 2.45) is 0 Å².